The third-order valence-electron chi connectivity index (χ3n) is 1.82. The van der Waals surface area contributed by atoms with Crippen LogP contribution in [-0.2, 0) is 6.54 Å². The van der Waals surface area contributed by atoms with Gasteiger partial charge in [-0.25, -0.2) is 18.6 Å². The number of carboxylic acid groups (broad SMARTS) is 1. The minimum Gasteiger partial charge on any atom is -0.476 e. The maximum absolute atomic E-state index is 12.5. The molecule has 5 N–H and O–H groups in total. The molecule has 15 heavy (non-hydrogen) atoms. The molecular weight excluding hydrogens is 208 g/mol. The highest BCUT2D eigenvalue weighted by Crippen LogP contribution is 2.25. The summed E-state index contributed by atoms with van der Waals surface area (Å²) >= 11 is 0. The molecule has 0 spiro atoms. The average Bonchev–Trinajstić information content (AvgIpc) is 2.16. The fraction of sp³-hybridized carbons (Fsp3) is 0.250. The van der Waals surface area contributed by atoms with Gasteiger partial charge in [0, 0.05) is 12.1 Å². The van der Waals surface area contributed by atoms with E-state index >= 15 is 0 Å². The van der Waals surface area contributed by atoms with Gasteiger partial charge in [-0.3, -0.25) is 0 Å². The van der Waals surface area contributed by atoms with Gasteiger partial charge in [-0.15, -0.1) is 0 Å². The Labute approximate surface area is 83.7 Å². The lowest BCUT2D eigenvalue weighted by Gasteiger charge is -2.08. The molecule has 0 radical (unpaired) electrons. The molecule has 1 aromatic heterocycles. The monoisotopic (exact) mass is 217 g/mol. The van der Waals surface area contributed by atoms with Gasteiger partial charge in [-0.2, -0.15) is 0 Å². The normalized spacial score (nSPS) is 10.7. The number of nitrogens with two attached hydrogens (primary N) is 2. The van der Waals surface area contributed by atoms with Crippen LogP contribution in [0.5, 0.6) is 0 Å². The Morgan fingerprint density at radius 2 is 2.20 bits per heavy atom. The number of halogens is 2. The molecule has 1 heterocycles. The lowest BCUT2D eigenvalue weighted by Crippen LogP contribution is -2.12. The summed E-state index contributed by atoms with van der Waals surface area (Å²) < 4.78 is 24.9. The lowest BCUT2D eigenvalue weighted by molar-refractivity contribution is 0.0677. The molecule has 0 unspecified atom stereocenters. The molecule has 0 atom stereocenters. The number of carbonyl (C=O) groups is 1. The molecule has 82 valence electrons. The molecule has 5 nitrogen and oxygen atoms in total. The van der Waals surface area contributed by atoms with Crippen LogP contribution in [0.1, 0.15) is 28.0 Å². The van der Waals surface area contributed by atoms with Crippen LogP contribution in [0, 0.1) is 0 Å². The number of rotatable bonds is 3. The first-order valence-electron chi connectivity index (χ1n) is 3.98. The van der Waals surface area contributed by atoms with Crippen LogP contribution in [0.2, 0.25) is 0 Å². The summed E-state index contributed by atoms with van der Waals surface area (Å²) in [5, 5.41) is 8.62. The van der Waals surface area contributed by atoms with E-state index in [1.54, 1.807) is 0 Å². The zero-order chi connectivity index (χ0) is 11.6. The summed E-state index contributed by atoms with van der Waals surface area (Å²) in [5.41, 5.74) is 9.37. The number of pyridine rings is 1. The van der Waals surface area contributed by atoms with Crippen molar-refractivity contribution in [2.75, 3.05) is 5.73 Å². The van der Waals surface area contributed by atoms with Crippen molar-refractivity contribution in [3.05, 3.63) is 22.9 Å². The zero-order valence-corrected chi connectivity index (χ0v) is 7.58. The van der Waals surface area contributed by atoms with Crippen LogP contribution >= 0.6 is 0 Å². The third-order valence-corrected chi connectivity index (χ3v) is 1.82. The van der Waals surface area contributed by atoms with Crippen LogP contribution in [0.15, 0.2) is 6.07 Å². The standard InChI is InChI=1S/C8H9F2N3O2/c9-6(10)4-1-3(2-11)7(12)13-5(4)8(14)15/h1,6H,2,11H2,(H2,12,13)(H,14,15). The Kier molecular flexibility index (Phi) is 3.15. The van der Waals surface area contributed by atoms with Gasteiger partial charge >= 0.3 is 5.97 Å². The number of aromatic carboxylic acids is 1. The van der Waals surface area contributed by atoms with E-state index in [1.165, 1.54) is 0 Å². The summed E-state index contributed by atoms with van der Waals surface area (Å²) in [6.07, 6.45) is -2.92. The number of carboxylic acids is 1. The Morgan fingerprint density at radius 1 is 1.60 bits per heavy atom. The first-order chi connectivity index (χ1) is 6.97. The van der Waals surface area contributed by atoms with Gasteiger partial charge in [0.25, 0.3) is 6.43 Å². The second kappa shape index (κ2) is 4.18. The molecule has 7 heteroatoms. The van der Waals surface area contributed by atoms with Crippen molar-refractivity contribution < 1.29 is 18.7 Å². The van der Waals surface area contributed by atoms with E-state index in [4.69, 9.17) is 16.6 Å². The largest absolute Gasteiger partial charge is 0.476 e. The number of nitrogen functional groups attached to an aromatic ring is 1. The first kappa shape index (κ1) is 11.3. The van der Waals surface area contributed by atoms with E-state index in [-0.39, 0.29) is 17.9 Å². The molecule has 0 aromatic carbocycles. The number of alkyl halides is 2. The van der Waals surface area contributed by atoms with Gasteiger partial charge in [0.15, 0.2) is 5.69 Å². The zero-order valence-electron chi connectivity index (χ0n) is 7.58. The molecule has 1 aromatic rings. The lowest BCUT2D eigenvalue weighted by atomic mass is 10.1. The fourth-order valence-corrected chi connectivity index (χ4v) is 1.09. The minimum absolute atomic E-state index is 0.0710. The highest BCUT2D eigenvalue weighted by molar-refractivity contribution is 5.88. The number of nitrogens with zero attached hydrogens (tertiary/aromatic N) is 1. The molecule has 1 rings (SSSR count). The second-order valence-electron chi connectivity index (χ2n) is 2.78. The molecule has 0 aliphatic rings. The van der Waals surface area contributed by atoms with Crippen molar-refractivity contribution in [1.82, 2.24) is 4.98 Å². The predicted octanol–water partition coefficient (Wildman–Crippen LogP) is 0.758. The second-order valence-corrected chi connectivity index (χ2v) is 2.78. The third kappa shape index (κ3) is 2.18. The highest BCUT2D eigenvalue weighted by Gasteiger charge is 2.21. The van der Waals surface area contributed by atoms with Crippen molar-refractivity contribution in [2.45, 2.75) is 13.0 Å². The van der Waals surface area contributed by atoms with E-state index < -0.39 is 23.7 Å². The van der Waals surface area contributed by atoms with Gasteiger partial charge in [0.1, 0.15) is 5.82 Å². The molecule has 0 aliphatic carbocycles. The highest BCUT2D eigenvalue weighted by atomic mass is 19.3. The maximum atomic E-state index is 12.5. The fourth-order valence-electron chi connectivity index (χ4n) is 1.09. The molecule has 0 saturated carbocycles. The van der Waals surface area contributed by atoms with Crippen molar-refractivity contribution in [3.8, 4) is 0 Å². The van der Waals surface area contributed by atoms with Gasteiger partial charge < -0.3 is 16.6 Å². The van der Waals surface area contributed by atoms with Gasteiger partial charge in [0.2, 0.25) is 0 Å². The van der Waals surface area contributed by atoms with Crippen LogP contribution in [0.25, 0.3) is 0 Å². The van der Waals surface area contributed by atoms with Crippen molar-refractivity contribution in [3.63, 3.8) is 0 Å². The molecule has 0 bridgehead atoms. The Bertz CT molecular complexity index is 396. The number of aromatic nitrogens is 1. The van der Waals surface area contributed by atoms with E-state index in [9.17, 15) is 13.6 Å². The topological polar surface area (TPSA) is 102 Å². The van der Waals surface area contributed by atoms with E-state index in [0.29, 0.717) is 0 Å². The van der Waals surface area contributed by atoms with Gasteiger partial charge in [-0.05, 0) is 6.07 Å². The summed E-state index contributed by atoms with van der Waals surface area (Å²) in [6, 6.07) is 0.969. The van der Waals surface area contributed by atoms with Gasteiger partial charge in [0.05, 0.1) is 5.56 Å². The van der Waals surface area contributed by atoms with Crippen LogP contribution in [0.3, 0.4) is 0 Å². The Morgan fingerprint density at radius 3 is 2.60 bits per heavy atom. The SMILES string of the molecule is NCc1cc(C(F)F)c(C(=O)O)nc1N. The van der Waals surface area contributed by atoms with Crippen LogP contribution in [-0.4, -0.2) is 16.1 Å². The number of hydrogen-bond acceptors (Lipinski definition) is 4. The molecule has 0 fully saturated rings. The van der Waals surface area contributed by atoms with Crippen LogP contribution < -0.4 is 11.5 Å². The molecule has 0 aliphatic heterocycles. The van der Waals surface area contributed by atoms with Crippen molar-refractivity contribution in [2.24, 2.45) is 5.73 Å². The molecule has 0 amide bonds. The van der Waals surface area contributed by atoms with Gasteiger partial charge in [-0.1, -0.05) is 0 Å². The molecular formula is C8H9F2N3O2. The number of anilines is 1. The summed E-state index contributed by atoms with van der Waals surface area (Å²) in [4.78, 5) is 14.0. The Hall–Kier alpha value is -1.76. The van der Waals surface area contributed by atoms with E-state index in [2.05, 4.69) is 4.98 Å². The maximum Gasteiger partial charge on any atom is 0.355 e. The van der Waals surface area contributed by atoms with Crippen LogP contribution in [0.4, 0.5) is 14.6 Å². The van der Waals surface area contributed by atoms with Crippen molar-refractivity contribution in [1.29, 1.82) is 0 Å². The first-order valence-corrected chi connectivity index (χ1v) is 3.98. The smallest absolute Gasteiger partial charge is 0.355 e. The van der Waals surface area contributed by atoms with E-state index in [0.717, 1.165) is 6.07 Å². The predicted molar refractivity (Wildman–Crippen MR) is 48.5 cm³/mol. The minimum atomic E-state index is -2.92. The Balaban J connectivity index is 3.38. The average molecular weight is 217 g/mol. The quantitative estimate of drug-likeness (QED) is 0.693. The van der Waals surface area contributed by atoms with E-state index in [1.807, 2.05) is 0 Å². The summed E-state index contributed by atoms with van der Waals surface area (Å²) in [5.74, 6) is -1.68. The molecule has 0 saturated heterocycles. The summed E-state index contributed by atoms with van der Waals surface area (Å²) in [7, 11) is 0. The summed E-state index contributed by atoms with van der Waals surface area (Å²) in [6.45, 7) is -0.0710. The number of hydrogen-bond donors (Lipinski definition) is 3. The van der Waals surface area contributed by atoms with Crippen molar-refractivity contribution >= 4 is 11.8 Å².